The monoisotopic (exact) mass is 416 g/mol. The van der Waals surface area contributed by atoms with Crippen LogP contribution in [0.3, 0.4) is 0 Å². The van der Waals surface area contributed by atoms with Gasteiger partial charge in [-0.2, -0.15) is 11.3 Å². The van der Waals surface area contributed by atoms with Gasteiger partial charge in [-0.15, -0.1) is 0 Å². The lowest BCUT2D eigenvalue weighted by molar-refractivity contribution is -0.116. The number of amides is 1. The first-order chi connectivity index (χ1) is 13.5. The molecule has 146 valence electrons. The molecule has 2 aromatic carbocycles. The third-order valence-corrected chi connectivity index (χ3v) is 6.14. The van der Waals surface area contributed by atoms with Crippen LogP contribution in [0.2, 0.25) is 0 Å². The van der Waals surface area contributed by atoms with Crippen molar-refractivity contribution in [2.75, 3.05) is 17.1 Å². The van der Waals surface area contributed by atoms with E-state index in [1.807, 2.05) is 16.8 Å². The number of rotatable bonds is 8. The van der Waals surface area contributed by atoms with E-state index >= 15 is 0 Å². The van der Waals surface area contributed by atoms with Gasteiger partial charge in [0.25, 0.3) is 10.0 Å². The average Bonchev–Trinajstić information content (AvgIpc) is 3.21. The molecular weight excluding hydrogens is 396 g/mol. The first-order valence-electron chi connectivity index (χ1n) is 8.54. The minimum atomic E-state index is -3.72. The molecule has 0 radical (unpaired) electrons. The van der Waals surface area contributed by atoms with Gasteiger partial charge >= 0.3 is 0 Å². The maximum atomic E-state index is 12.5. The highest BCUT2D eigenvalue weighted by atomic mass is 32.2. The Morgan fingerprint density at radius 2 is 1.68 bits per heavy atom. The summed E-state index contributed by atoms with van der Waals surface area (Å²) in [5.74, 6) is 0.528. The molecule has 6 nitrogen and oxygen atoms in total. The number of sulfonamides is 1. The number of nitrogens with one attached hydrogen (secondary N) is 2. The molecule has 0 saturated heterocycles. The van der Waals surface area contributed by atoms with E-state index in [-0.39, 0.29) is 10.8 Å². The summed E-state index contributed by atoms with van der Waals surface area (Å²) < 4.78 is 32.6. The van der Waals surface area contributed by atoms with E-state index in [9.17, 15) is 13.2 Å². The van der Waals surface area contributed by atoms with Gasteiger partial charge < -0.3 is 10.1 Å². The van der Waals surface area contributed by atoms with E-state index < -0.39 is 10.0 Å². The first-order valence-corrected chi connectivity index (χ1v) is 11.0. The van der Waals surface area contributed by atoms with Crippen molar-refractivity contribution in [2.45, 2.75) is 17.7 Å². The van der Waals surface area contributed by atoms with Gasteiger partial charge in [0.05, 0.1) is 12.0 Å². The van der Waals surface area contributed by atoms with Gasteiger partial charge in [0, 0.05) is 17.8 Å². The second-order valence-corrected chi connectivity index (χ2v) is 8.50. The van der Waals surface area contributed by atoms with Crippen LogP contribution < -0.4 is 14.8 Å². The van der Waals surface area contributed by atoms with E-state index in [2.05, 4.69) is 10.0 Å². The molecule has 1 heterocycles. The Kier molecular flexibility index (Phi) is 6.33. The van der Waals surface area contributed by atoms with E-state index in [0.29, 0.717) is 30.0 Å². The predicted molar refractivity (Wildman–Crippen MR) is 112 cm³/mol. The molecule has 1 aromatic heterocycles. The molecule has 0 bridgehead atoms. The Morgan fingerprint density at radius 1 is 1.00 bits per heavy atom. The zero-order valence-electron chi connectivity index (χ0n) is 15.2. The predicted octanol–water partition coefficient (Wildman–Crippen LogP) is 4.13. The molecule has 3 aromatic rings. The molecule has 0 unspecified atom stereocenters. The number of hydrogen-bond acceptors (Lipinski definition) is 5. The van der Waals surface area contributed by atoms with Gasteiger partial charge in [-0.1, -0.05) is 0 Å². The van der Waals surface area contributed by atoms with Crippen molar-refractivity contribution in [1.82, 2.24) is 0 Å². The maximum Gasteiger partial charge on any atom is 0.261 e. The highest BCUT2D eigenvalue weighted by molar-refractivity contribution is 7.92. The molecule has 8 heteroatoms. The summed E-state index contributed by atoms with van der Waals surface area (Å²) in [7, 11) is -2.18. The normalized spacial score (nSPS) is 11.0. The van der Waals surface area contributed by atoms with Crippen LogP contribution in [0.5, 0.6) is 5.75 Å². The molecule has 0 aliphatic heterocycles. The minimum Gasteiger partial charge on any atom is -0.497 e. The molecule has 0 spiro atoms. The molecule has 3 rings (SSSR count). The Hall–Kier alpha value is -2.84. The number of hydrogen-bond donors (Lipinski definition) is 2. The van der Waals surface area contributed by atoms with Crippen LogP contribution in [0, 0.1) is 0 Å². The fraction of sp³-hybridized carbons (Fsp3) is 0.150. The topological polar surface area (TPSA) is 84.5 Å². The third-order valence-electron chi connectivity index (χ3n) is 4.01. The standard InChI is InChI=1S/C20H20N2O4S2/c1-26-18-7-3-17(4-8-18)22-28(24,25)19-9-5-16(6-10-19)21-20(23)11-2-15-12-13-27-14-15/h3-10,12-14,22H,2,11H2,1H3,(H,21,23). The van der Waals surface area contributed by atoms with Crippen molar-refractivity contribution < 1.29 is 17.9 Å². The van der Waals surface area contributed by atoms with Crippen molar-refractivity contribution in [3.05, 3.63) is 70.9 Å². The first kappa shape index (κ1) is 19.9. The van der Waals surface area contributed by atoms with Crippen LogP contribution in [0.25, 0.3) is 0 Å². The fourth-order valence-electron chi connectivity index (χ4n) is 2.51. The van der Waals surface area contributed by atoms with E-state index in [1.54, 1.807) is 54.8 Å². The Balaban J connectivity index is 1.59. The van der Waals surface area contributed by atoms with Crippen molar-refractivity contribution in [3.63, 3.8) is 0 Å². The highest BCUT2D eigenvalue weighted by Gasteiger charge is 2.14. The van der Waals surface area contributed by atoms with Gasteiger partial charge in [0.15, 0.2) is 0 Å². The molecule has 0 atom stereocenters. The number of carbonyl (C=O) groups is 1. The molecule has 2 N–H and O–H groups in total. The van der Waals surface area contributed by atoms with Crippen LogP contribution in [0.15, 0.2) is 70.3 Å². The van der Waals surface area contributed by atoms with E-state index in [1.165, 1.54) is 12.1 Å². The van der Waals surface area contributed by atoms with Crippen LogP contribution >= 0.6 is 11.3 Å². The number of ether oxygens (including phenoxy) is 1. The van der Waals surface area contributed by atoms with Crippen LogP contribution in [-0.4, -0.2) is 21.4 Å². The largest absolute Gasteiger partial charge is 0.497 e. The van der Waals surface area contributed by atoms with Gasteiger partial charge in [0.2, 0.25) is 5.91 Å². The number of aryl methyl sites for hydroxylation is 1. The van der Waals surface area contributed by atoms with Crippen LogP contribution in [-0.2, 0) is 21.2 Å². The zero-order chi connectivity index (χ0) is 20.0. The lowest BCUT2D eigenvalue weighted by Gasteiger charge is -2.10. The SMILES string of the molecule is COc1ccc(NS(=O)(=O)c2ccc(NC(=O)CCc3ccsc3)cc2)cc1. The van der Waals surface area contributed by atoms with Crippen LogP contribution in [0.4, 0.5) is 11.4 Å². The Bertz CT molecular complexity index is 1010. The second-order valence-electron chi connectivity index (χ2n) is 6.04. The number of benzene rings is 2. The summed E-state index contributed by atoms with van der Waals surface area (Å²) in [6, 6.07) is 14.7. The van der Waals surface area contributed by atoms with Crippen molar-refractivity contribution in [3.8, 4) is 5.75 Å². The molecule has 1 amide bonds. The smallest absolute Gasteiger partial charge is 0.261 e. The third kappa shape index (κ3) is 5.34. The van der Waals surface area contributed by atoms with Gasteiger partial charge in [-0.05, 0) is 77.3 Å². The van der Waals surface area contributed by atoms with Crippen molar-refractivity contribution in [1.29, 1.82) is 0 Å². The van der Waals surface area contributed by atoms with Crippen LogP contribution in [0.1, 0.15) is 12.0 Å². The summed E-state index contributed by atoms with van der Waals surface area (Å²) in [5.41, 5.74) is 2.12. The fourth-order valence-corrected chi connectivity index (χ4v) is 4.27. The molecule has 0 aliphatic rings. The number of anilines is 2. The summed E-state index contributed by atoms with van der Waals surface area (Å²) in [6.45, 7) is 0. The Labute approximate surface area is 168 Å². The summed E-state index contributed by atoms with van der Waals surface area (Å²) in [6.07, 6.45) is 1.05. The summed E-state index contributed by atoms with van der Waals surface area (Å²) in [5, 5.41) is 6.78. The minimum absolute atomic E-state index is 0.111. The molecular formula is C20H20N2O4S2. The number of thiophene rings is 1. The maximum absolute atomic E-state index is 12.5. The number of carbonyl (C=O) groups excluding carboxylic acids is 1. The summed E-state index contributed by atoms with van der Waals surface area (Å²) >= 11 is 1.60. The molecule has 28 heavy (non-hydrogen) atoms. The number of methoxy groups -OCH3 is 1. The Morgan fingerprint density at radius 3 is 2.29 bits per heavy atom. The zero-order valence-corrected chi connectivity index (χ0v) is 16.8. The highest BCUT2D eigenvalue weighted by Crippen LogP contribution is 2.20. The van der Waals surface area contributed by atoms with Gasteiger partial charge in [0.1, 0.15) is 5.75 Å². The quantitative estimate of drug-likeness (QED) is 0.578. The molecule has 0 fully saturated rings. The van der Waals surface area contributed by atoms with Gasteiger partial charge in [-0.25, -0.2) is 8.42 Å². The van der Waals surface area contributed by atoms with Gasteiger partial charge in [-0.3, -0.25) is 9.52 Å². The van der Waals surface area contributed by atoms with E-state index in [4.69, 9.17) is 4.74 Å². The van der Waals surface area contributed by atoms with Crippen molar-refractivity contribution >= 4 is 38.6 Å². The molecule has 0 saturated carbocycles. The lowest BCUT2D eigenvalue weighted by Crippen LogP contribution is -2.14. The molecule has 0 aliphatic carbocycles. The lowest BCUT2D eigenvalue weighted by atomic mass is 10.2. The second kappa shape index (κ2) is 8.90. The van der Waals surface area contributed by atoms with E-state index in [0.717, 1.165) is 5.56 Å². The van der Waals surface area contributed by atoms with Crippen molar-refractivity contribution in [2.24, 2.45) is 0 Å². The average molecular weight is 417 g/mol. The summed E-state index contributed by atoms with van der Waals surface area (Å²) in [4.78, 5) is 12.1.